The van der Waals surface area contributed by atoms with Crippen LogP contribution in [0, 0.1) is 0 Å². The van der Waals surface area contributed by atoms with Crippen LogP contribution in [0.1, 0.15) is 34.6 Å². The molecule has 0 aromatic heterocycles. The van der Waals surface area contributed by atoms with Crippen molar-refractivity contribution in [1.29, 1.82) is 0 Å². The summed E-state index contributed by atoms with van der Waals surface area (Å²) in [5.74, 6) is 0.868. The minimum Gasteiger partial charge on any atom is -0.383 e. The third-order valence-electron chi connectivity index (χ3n) is 2.90. The summed E-state index contributed by atoms with van der Waals surface area (Å²) in [5.41, 5.74) is 0. The molecule has 0 aliphatic rings. The smallest absolute Gasteiger partial charge is 0.191 e. The summed E-state index contributed by atoms with van der Waals surface area (Å²) in [7, 11) is 1.70. The Balaban J connectivity index is 4.20. The van der Waals surface area contributed by atoms with Crippen LogP contribution >= 0.6 is 0 Å². The van der Waals surface area contributed by atoms with Crippen molar-refractivity contribution in [1.82, 2.24) is 15.5 Å². The summed E-state index contributed by atoms with van der Waals surface area (Å²) < 4.78 is 5.02. The average molecular weight is 272 g/mol. The quantitative estimate of drug-likeness (QED) is 0.377. The van der Waals surface area contributed by atoms with E-state index in [1.54, 1.807) is 7.11 Å². The maximum Gasteiger partial charge on any atom is 0.191 e. The lowest BCUT2D eigenvalue weighted by atomic mass is 10.2. The Morgan fingerprint density at radius 3 is 2.26 bits per heavy atom. The van der Waals surface area contributed by atoms with Crippen LogP contribution in [0.4, 0.5) is 0 Å². The zero-order chi connectivity index (χ0) is 14.7. The van der Waals surface area contributed by atoms with Gasteiger partial charge in [0.1, 0.15) is 0 Å². The molecule has 0 aliphatic carbocycles. The SMILES string of the molecule is CCNC(=NCCN(C(C)C)C(C)C)NCCOC. The monoisotopic (exact) mass is 272 g/mol. The summed E-state index contributed by atoms with van der Waals surface area (Å²) >= 11 is 0. The molecule has 0 unspecified atom stereocenters. The van der Waals surface area contributed by atoms with E-state index < -0.39 is 0 Å². The zero-order valence-electron chi connectivity index (χ0n) is 13.5. The maximum atomic E-state index is 5.02. The van der Waals surface area contributed by atoms with Crippen LogP contribution in [0.2, 0.25) is 0 Å². The van der Waals surface area contributed by atoms with Gasteiger partial charge in [0.15, 0.2) is 5.96 Å². The molecule has 0 heterocycles. The number of hydrogen-bond donors (Lipinski definition) is 2. The summed E-state index contributed by atoms with van der Waals surface area (Å²) in [5, 5.41) is 6.49. The fourth-order valence-corrected chi connectivity index (χ4v) is 2.00. The van der Waals surface area contributed by atoms with E-state index in [0.29, 0.717) is 18.7 Å². The first-order valence-electron chi connectivity index (χ1n) is 7.29. The van der Waals surface area contributed by atoms with Gasteiger partial charge in [0, 0.05) is 38.8 Å². The number of nitrogens with one attached hydrogen (secondary N) is 2. The van der Waals surface area contributed by atoms with Gasteiger partial charge in [-0.1, -0.05) is 0 Å². The van der Waals surface area contributed by atoms with Gasteiger partial charge in [0.25, 0.3) is 0 Å². The first kappa shape index (κ1) is 18.2. The van der Waals surface area contributed by atoms with Gasteiger partial charge in [-0.15, -0.1) is 0 Å². The van der Waals surface area contributed by atoms with E-state index in [1.165, 1.54) is 0 Å². The largest absolute Gasteiger partial charge is 0.383 e. The topological polar surface area (TPSA) is 48.9 Å². The van der Waals surface area contributed by atoms with Gasteiger partial charge in [0.2, 0.25) is 0 Å². The third-order valence-corrected chi connectivity index (χ3v) is 2.90. The van der Waals surface area contributed by atoms with E-state index >= 15 is 0 Å². The Kier molecular flexibility index (Phi) is 10.6. The number of ether oxygens (including phenoxy) is 1. The molecule has 0 aromatic carbocycles. The molecule has 5 nitrogen and oxygen atoms in total. The summed E-state index contributed by atoms with van der Waals surface area (Å²) in [4.78, 5) is 7.03. The highest BCUT2D eigenvalue weighted by Gasteiger charge is 2.12. The standard InChI is InChI=1S/C14H32N4O/c1-7-15-14(17-9-11-19-6)16-8-10-18(12(2)3)13(4)5/h12-13H,7-11H2,1-6H3,(H2,15,16,17). The van der Waals surface area contributed by atoms with E-state index in [9.17, 15) is 0 Å². The highest BCUT2D eigenvalue weighted by atomic mass is 16.5. The zero-order valence-corrected chi connectivity index (χ0v) is 13.5. The van der Waals surface area contributed by atoms with Crippen molar-refractivity contribution in [3.05, 3.63) is 0 Å². The lowest BCUT2D eigenvalue weighted by molar-refractivity contribution is 0.181. The number of guanidine groups is 1. The van der Waals surface area contributed by atoms with Crippen LogP contribution in [0.3, 0.4) is 0 Å². The summed E-state index contributed by atoms with van der Waals surface area (Å²) in [6.45, 7) is 15.1. The molecule has 0 atom stereocenters. The van der Waals surface area contributed by atoms with Gasteiger partial charge in [-0.05, 0) is 34.6 Å². The first-order chi connectivity index (χ1) is 9.02. The highest BCUT2D eigenvalue weighted by molar-refractivity contribution is 5.79. The molecule has 0 rings (SSSR count). The summed E-state index contributed by atoms with van der Waals surface area (Å²) in [6.07, 6.45) is 0. The molecule has 0 spiro atoms. The number of nitrogens with zero attached hydrogens (tertiary/aromatic N) is 2. The molecule has 0 radical (unpaired) electrons. The molecule has 19 heavy (non-hydrogen) atoms. The van der Waals surface area contributed by atoms with Crippen LogP contribution in [0.5, 0.6) is 0 Å². The number of hydrogen-bond acceptors (Lipinski definition) is 3. The van der Waals surface area contributed by atoms with Crippen molar-refractivity contribution < 1.29 is 4.74 Å². The minimum absolute atomic E-state index is 0.555. The van der Waals surface area contributed by atoms with Crippen molar-refractivity contribution in [2.75, 3.05) is 39.9 Å². The molecule has 114 valence electrons. The summed E-state index contributed by atoms with van der Waals surface area (Å²) in [6, 6.07) is 1.11. The molecular weight excluding hydrogens is 240 g/mol. The predicted octanol–water partition coefficient (Wildman–Crippen LogP) is 1.31. The average Bonchev–Trinajstić information content (AvgIpc) is 2.33. The second-order valence-corrected chi connectivity index (χ2v) is 5.11. The third kappa shape index (κ3) is 8.83. The van der Waals surface area contributed by atoms with Crippen molar-refractivity contribution in [2.24, 2.45) is 4.99 Å². The Morgan fingerprint density at radius 1 is 1.16 bits per heavy atom. The maximum absolute atomic E-state index is 5.02. The van der Waals surface area contributed by atoms with Gasteiger partial charge in [0.05, 0.1) is 13.2 Å². The van der Waals surface area contributed by atoms with Crippen LogP contribution < -0.4 is 10.6 Å². The Labute approximate surface area is 118 Å². The molecule has 5 heteroatoms. The van der Waals surface area contributed by atoms with E-state index in [1.807, 2.05) is 0 Å². The fourth-order valence-electron chi connectivity index (χ4n) is 2.00. The van der Waals surface area contributed by atoms with E-state index in [0.717, 1.165) is 32.1 Å². The molecule has 0 fully saturated rings. The Hall–Kier alpha value is -0.810. The second-order valence-electron chi connectivity index (χ2n) is 5.11. The fraction of sp³-hybridized carbons (Fsp3) is 0.929. The van der Waals surface area contributed by atoms with Crippen molar-refractivity contribution in [3.8, 4) is 0 Å². The molecule has 0 saturated heterocycles. The minimum atomic E-state index is 0.555. The van der Waals surface area contributed by atoms with Gasteiger partial charge in [-0.3, -0.25) is 9.89 Å². The highest BCUT2D eigenvalue weighted by Crippen LogP contribution is 2.03. The van der Waals surface area contributed by atoms with Crippen molar-refractivity contribution in [2.45, 2.75) is 46.7 Å². The van der Waals surface area contributed by atoms with E-state index in [2.05, 4.69) is 55.1 Å². The molecule has 0 aliphatic heterocycles. The van der Waals surface area contributed by atoms with Crippen LogP contribution in [0.25, 0.3) is 0 Å². The van der Waals surface area contributed by atoms with Crippen LogP contribution in [0.15, 0.2) is 4.99 Å². The number of rotatable bonds is 9. The lowest BCUT2D eigenvalue weighted by Gasteiger charge is -2.29. The van der Waals surface area contributed by atoms with Crippen LogP contribution in [-0.4, -0.2) is 62.8 Å². The molecule has 0 bridgehead atoms. The molecule has 0 amide bonds. The molecular formula is C14H32N4O. The predicted molar refractivity (Wildman–Crippen MR) is 82.8 cm³/mol. The van der Waals surface area contributed by atoms with Crippen molar-refractivity contribution >= 4 is 5.96 Å². The van der Waals surface area contributed by atoms with Gasteiger partial charge in [-0.25, -0.2) is 0 Å². The van der Waals surface area contributed by atoms with E-state index in [4.69, 9.17) is 4.74 Å². The first-order valence-corrected chi connectivity index (χ1v) is 7.29. The van der Waals surface area contributed by atoms with Gasteiger partial charge < -0.3 is 15.4 Å². The van der Waals surface area contributed by atoms with E-state index in [-0.39, 0.29) is 0 Å². The number of aliphatic imine (C=N–C) groups is 1. The Bertz CT molecular complexity index is 234. The number of methoxy groups -OCH3 is 1. The Morgan fingerprint density at radius 2 is 1.79 bits per heavy atom. The second kappa shape index (κ2) is 11.1. The normalized spacial score (nSPS) is 12.6. The lowest BCUT2D eigenvalue weighted by Crippen LogP contribution is -2.41. The van der Waals surface area contributed by atoms with Crippen molar-refractivity contribution in [3.63, 3.8) is 0 Å². The van der Waals surface area contributed by atoms with Gasteiger partial charge >= 0.3 is 0 Å². The van der Waals surface area contributed by atoms with Crippen LogP contribution in [-0.2, 0) is 4.74 Å². The molecule has 0 saturated carbocycles. The molecule has 0 aromatic rings. The van der Waals surface area contributed by atoms with Gasteiger partial charge in [-0.2, -0.15) is 0 Å². The molecule has 2 N–H and O–H groups in total.